The number of carbonyl (C=O) groups excluding carboxylic acids is 1. The van der Waals surface area contributed by atoms with Gasteiger partial charge in [-0.1, -0.05) is 30.3 Å². The maximum Gasteiger partial charge on any atom is 0.222 e. The number of amides is 1. The number of rotatable bonds is 7. The molecule has 0 radical (unpaired) electrons. The van der Waals surface area contributed by atoms with E-state index in [2.05, 4.69) is 49.9 Å². The molecule has 1 aromatic rings. The molecule has 28 heavy (non-hydrogen) atoms. The Hall–Kier alpha value is -1.43. The van der Waals surface area contributed by atoms with Crippen molar-refractivity contribution < 1.29 is 4.79 Å². The van der Waals surface area contributed by atoms with E-state index in [4.69, 9.17) is 0 Å². The molecule has 0 N–H and O–H groups in total. The van der Waals surface area contributed by atoms with Crippen LogP contribution in [0.4, 0.5) is 0 Å². The van der Waals surface area contributed by atoms with Gasteiger partial charge in [0.05, 0.1) is 0 Å². The van der Waals surface area contributed by atoms with E-state index in [1.165, 1.54) is 70.8 Å². The molecule has 3 saturated heterocycles. The third-order valence-electron chi connectivity index (χ3n) is 6.70. The number of nitrogens with zero attached hydrogens (tertiary/aromatic N) is 4. The molecule has 5 heteroatoms. The van der Waals surface area contributed by atoms with Crippen LogP contribution in [0.15, 0.2) is 30.3 Å². The van der Waals surface area contributed by atoms with Gasteiger partial charge < -0.3 is 9.80 Å². The average molecular weight is 385 g/mol. The van der Waals surface area contributed by atoms with Gasteiger partial charge in [0.15, 0.2) is 0 Å². The zero-order valence-corrected chi connectivity index (χ0v) is 17.3. The maximum atomic E-state index is 11.9. The molecule has 0 spiro atoms. The van der Waals surface area contributed by atoms with Crippen molar-refractivity contribution >= 4 is 5.91 Å². The van der Waals surface area contributed by atoms with Crippen LogP contribution < -0.4 is 0 Å². The summed E-state index contributed by atoms with van der Waals surface area (Å²) in [4.78, 5) is 21.9. The average Bonchev–Trinajstić information content (AvgIpc) is 3.13. The topological polar surface area (TPSA) is 30.0 Å². The molecule has 3 fully saturated rings. The zero-order valence-electron chi connectivity index (χ0n) is 17.3. The Balaban J connectivity index is 1.14. The summed E-state index contributed by atoms with van der Waals surface area (Å²) in [5.74, 6) is 1.06. The van der Waals surface area contributed by atoms with E-state index >= 15 is 0 Å². The third-order valence-corrected chi connectivity index (χ3v) is 6.70. The van der Waals surface area contributed by atoms with Gasteiger partial charge in [0.25, 0.3) is 0 Å². The normalized spacial score (nSPS) is 25.5. The van der Waals surface area contributed by atoms with Crippen LogP contribution in [0.2, 0.25) is 0 Å². The quantitative estimate of drug-likeness (QED) is 0.721. The van der Waals surface area contributed by atoms with Crippen LogP contribution in [-0.4, -0.2) is 91.0 Å². The molecule has 0 aliphatic carbocycles. The third kappa shape index (κ3) is 5.56. The van der Waals surface area contributed by atoms with Gasteiger partial charge in [-0.15, -0.1) is 0 Å². The largest absolute Gasteiger partial charge is 0.342 e. The predicted molar refractivity (Wildman–Crippen MR) is 113 cm³/mol. The second kappa shape index (κ2) is 9.86. The molecule has 0 unspecified atom stereocenters. The second-order valence-corrected chi connectivity index (χ2v) is 8.86. The van der Waals surface area contributed by atoms with Gasteiger partial charge in [-0.3, -0.25) is 14.6 Å². The lowest BCUT2D eigenvalue weighted by Gasteiger charge is -2.38. The lowest BCUT2D eigenvalue weighted by molar-refractivity contribution is -0.128. The molecule has 1 aromatic carbocycles. The number of likely N-dealkylation sites (tertiary alicyclic amines) is 2. The van der Waals surface area contributed by atoms with Crippen LogP contribution in [0.1, 0.15) is 31.2 Å². The van der Waals surface area contributed by atoms with Gasteiger partial charge in [-0.05, 0) is 37.3 Å². The van der Waals surface area contributed by atoms with Crippen molar-refractivity contribution in [3.63, 3.8) is 0 Å². The summed E-state index contributed by atoms with van der Waals surface area (Å²) in [6, 6.07) is 10.8. The van der Waals surface area contributed by atoms with E-state index in [9.17, 15) is 4.79 Å². The fraction of sp³-hybridized carbons (Fsp3) is 0.696. The van der Waals surface area contributed by atoms with Crippen LogP contribution in [0.5, 0.6) is 0 Å². The molecule has 3 heterocycles. The summed E-state index contributed by atoms with van der Waals surface area (Å²) in [6.07, 6.45) is 4.41. The summed E-state index contributed by atoms with van der Waals surface area (Å²) >= 11 is 0. The minimum absolute atomic E-state index is 0.380. The van der Waals surface area contributed by atoms with Gasteiger partial charge >= 0.3 is 0 Å². The van der Waals surface area contributed by atoms with Crippen molar-refractivity contribution in [1.29, 1.82) is 0 Å². The minimum atomic E-state index is 0.380. The zero-order chi connectivity index (χ0) is 19.2. The van der Waals surface area contributed by atoms with Gasteiger partial charge in [-0.25, -0.2) is 0 Å². The van der Waals surface area contributed by atoms with E-state index in [0.717, 1.165) is 32.5 Å². The summed E-state index contributed by atoms with van der Waals surface area (Å²) in [7, 11) is 0. The monoisotopic (exact) mass is 384 g/mol. The molecule has 3 aliphatic rings. The molecule has 1 atom stereocenters. The van der Waals surface area contributed by atoms with Crippen molar-refractivity contribution in [2.75, 3.05) is 65.4 Å². The first-order valence-electron chi connectivity index (χ1n) is 11.2. The van der Waals surface area contributed by atoms with Crippen LogP contribution in [0, 0.1) is 5.92 Å². The Bertz CT molecular complexity index is 614. The van der Waals surface area contributed by atoms with E-state index in [1.807, 2.05) is 0 Å². The summed E-state index contributed by atoms with van der Waals surface area (Å²) < 4.78 is 0. The Morgan fingerprint density at radius 2 is 1.57 bits per heavy atom. The van der Waals surface area contributed by atoms with Crippen molar-refractivity contribution in [3.8, 4) is 0 Å². The number of piperazine rings is 1. The van der Waals surface area contributed by atoms with Crippen molar-refractivity contribution in [2.45, 2.75) is 32.2 Å². The van der Waals surface area contributed by atoms with Crippen molar-refractivity contribution in [1.82, 2.24) is 19.6 Å². The highest BCUT2D eigenvalue weighted by Crippen LogP contribution is 2.20. The molecule has 5 nitrogen and oxygen atoms in total. The van der Waals surface area contributed by atoms with E-state index in [-0.39, 0.29) is 0 Å². The van der Waals surface area contributed by atoms with Crippen LogP contribution >= 0.6 is 0 Å². The number of piperidine rings is 1. The Kier molecular flexibility index (Phi) is 7.00. The van der Waals surface area contributed by atoms with Gasteiger partial charge in [0, 0.05) is 71.9 Å². The number of benzene rings is 1. The fourth-order valence-corrected chi connectivity index (χ4v) is 5.01. The van der Waals surface area contributed by atoms with Crippen molar-refractivity contribution in [2.24, 2.45) is 5.92 Å². The number of hydrogen-bond donors (Lipinski definition) is 0. The Labute approximate surface area is 170 Å². The van der Waals surface area contributed by atoms with E-state index in [1.54, 1.807) is 0 Å². The molecular weight excluding hydrogens is 348 g/mol. The highest BCUT2D eigenvalue weighted by molar-refractivity contribution is 5.78. The van der Waals surface area contributed by atoms with Gasteiger partial charge in [-0.2, -0.15) is 0 Å². The highest BCUT2D eigenvalue weighted by atomic mass is 16.2. The van der Waals surface area contributed by atoms with Crippen LogP contribution in [0.25, 0.3) is 0 Å². The first kappa shape index (κ1) is 19.9. The predicted octanol–water partition coefficient (Wildman–Crippen LogP) is 2.14. The van der Waals surface area contributed by atoms with E-state index in [0.29, 0.717) is 11.8 Å². The molecule has 4 rings (SSSR count). The highest BCUT2D eigenvalue weighted by Gasteiger charge is 2.27. The van der Waals surface area contributed by atoms with Crippen LogP contribution in [-0.2, 0) is 11.3 Å². The SMILES string of the molecule is O=C1CCCN1C[C@H]1CCCN(CCN2CCN(Cc3ccccc3)CC2)C1. The standard InChI is InChI=1S/C23H36N4O/c28-23-9-5-11-27(23)20-22-8-4-10-25(19-22)15-12-24-13-16-26(17-14-24)18-21-6-2-1-3-7-21/h1-3,6-7,22H,4-5,8-20H2/t22-/m0/s1. The fourth-order valence-electron chi connectivity index (χ4n) is 5.01. The lowest BCUT2D eigenvalue weighted by Crippen LogP contribution is -2.49. The molecule has 154 valence electrons. The Morgan fingerprint density at radius 1 is 0.821 bits per heavy atom. The molecule has 0 aromatic heterocycles. The number of hydrogen-bond acceptors (Lipinski definition) is 4. The molecule has 3 aliphatic heterocycles. The first-order valence-corrected chi connectivity index (χ1v) is 11.2. The van der Waals surface area contributed by atoms with E-state index < -0.39 is 0 Å². The molecule has 1 amide bonds. The summed E-state index contributed by atoms with van der Waals surface area (Å²) in [5, 5.41) is 0. The molecular formula is C23H36N4O. The smallest absolute Gasteiger partial charge is 0.222 e. The number of carbonyl (C=O) groups is 1. The maximum absolute atomic E-state index is 11.9. The lowest BCUT2D eigenvalue weighted by atomic mass is 9.97. The van der Waals surface area contributed by atoms with Crippen LogP contribution in [0.3, 0.4) is 0 Å². The minimum Gasteiger partial charge on any atom is -0.342 e. The van der Waals surface area contributed by atoms with Gasteiger partial charge in [0.1, 0.15) is 0 Å². The second-order valence-electron chi connectivity index (χ2n) is 8.86. The molecule has 0 saturated carbocycles. The summed E-state index contributed by atoms with van der Waals surface area (Å²) in [5.41, 5.74) is 1.42. The summed E-state index contributed by atoms with van der Waals surface area (Å²) in [6.45, 7) is 12.6. The van der Waals surface area contributed by atoms with Gasteiger partial charge in [0.2, 0.25) is 5.91 Å². The van der Waals surface area contributed by atoms with Crippen molar-refractivity contribution in [3.05, 3.63) is 35.9 Å². The Morgan fingerprint density at radius 3 is 2.32 bits per heavy atom. The first-order chi connectivity index (χ1) is 13.8. The molecule has 0 bridgehead atoms.